The minimum absolute atomic E-state index is 0.282. The molecule has 0 spiro atoms. The molecule has 2 aliphatic heterocycles. The van der Waals surface area contributed by atoms with E-state index in [9.17, 15) is 4.79 Å². The molecule has 1 aromatic heterocycles. The van der Waals surface area contributed by atoms with Gasteiger partial charge in [-0.05, 0) is 26.3 Å². The number of rotatable bonds is 2. The van der Waals surface area contributed by atoms with Gasteiger partial charge >= 0.3 is 6.09 Å². The van der Waals surface area contributed by atoms with Crippen molar-refractivity contribution >= 4 is 11.9 Å². The van der Waals surface area contributed by atoms with Crippen molar-refractivity contribution in [2.75, 3.05) is 24.6 Å². The highest BCUT2D eigenvalue weighted by Gasteiger charge is 2.27. The molecule has 0 bridgehead atoms. The Hall–Kier alpha value is -1.69. The van der Waals surface area contributed by atoms with Gasteiger partial charge in [0.05, 0.1) is 12.2 Å². The Bertz CT molecular complexity index is 471. The zero-order valence-electron chi connectivity index (χ0n) is 10.3. The Labute approximate surface area is 105 Å². The Kier molecular flexibility index (Phi) is 2.87. The summed E-state index contributed by atoms with van der Waals surface area (Å²) in [5.41, 5.74) is 0.967. The second-order valence-electron chi connectivity index (χ2n) is 4.61. The van der Waals surface area contributed by atoms with Crippen LogP contribution in [0.1, 0.15) is 30.4 Å². The molecule has 18 heavy (non-hydrogen) atoms. The van der Waals surface area contributed by atoms with Crippen LogP contribution in [0.2, 0.25) is 0 Å². The van der Waals surface area contributed by atoms with Crippen LogP contribution in [0.4, 0.5) is 10.6 Å². The van der Waals surface area contributed by atoms with Gasteiger partial charge in [-0.25, -0.2) is 14.8 Å². The van der Waals surface area contributed by atoms with E-state index in [2.05, 4.69) is 15.3 Å². The van der Waals surface area contributed by atoms with Crippen LogP contribution in [-0.4, -0.2) is 35.8 Å². The van der Waals surface area contributed by atoms with E-state index < -0.39 is 0 Å². The lowest BCUT2D eigenvalue weighted by atomic mass is 10.1. The van der Waals surface area contributed by atoms with Crippen LogP contribution >= 0.6 is 0 Å². The first-order chi connectivity index (χ1) is 8.74. The van der Waals surface area contributed by atoms with E-state index in [0.29, 0.717) is 24.8 Å². The monoisotopic (exact) mass is 248 g/mol. The molecule has 6 heteroatoms. The number of amides is 1. The van der Waals surface area contributed by atoms with E-state index in [-0.39, 0.29) is 12.1 Å². The molecule has 3 heterocycles. The maximum Gasteiger partial charge on any atom is 0.415 e. The number of hydrogen-bond donors (Lipinski definition) is 1. The molecule has 1 aromatic rings. The van der Waals surface area contributed by atoms with E-state index in [1.54, 1.807) is 4.90 Å². The van der Waals surface area contributed by atoms with Crippen LogP contribution < -0.4 is 10.2 Å². The van der Waals surface area contributed by atoms with Gasteiger partial charge in [0.2, 0.25) is 0 Å². The third kappa shape index (κ3) is 2.03. The highest BCUT2D eigenvalue weighted by molar-refractivity contribution is 5.88. The van der Waals surface area contributed by atoms with Crippen LogP contribution in [0.3, 0.4) is 0 Å². The quantitative estimate of drug-likeness (QED) is 0.850. The van der Waals surface area contributed by atoms with Crippen LogP contribution in [-0.2, 0) is 4.74 Å². The molecular formula is C12H16N4O2. The molecule has 3 rings (SSSR count). The molecule has 96 valence electrons. The largest absolute Gasteiger partial charge is 0.447 e. The highest BCUT2D eigenvalue weighted by atomic mass is 16.6. The molecule has 0 aliphatic carbocycles. The summed E-state index contributed by atoms with van der Waals surface area (Å²) >= 11 is 0. The molecule has 6 nitrogen and oxygen atoms in total. The fourth-order valence-corrected chi connectivity index (χ4v) is 2.43. The van der Waals surface area contributed by atoms with Gasteiger partial charge in [0.15, 0.2) is 0 Å². The van der Waals surface area contributed by atoms with Gasteiger partial charge in [-0.3, -0.25) is 4.90 Å². The van der Waals surface area contributed by atoms with Crippen molar-refractivity contribution in [2.45, 2.75) is 25.8 Å². The second kappa shape index (κ2) is 4.53. The average Bonchev–Trinajstić information content (AvgIpc) is 2.98. The third-order valence-corrected chi connectivity index (χ3v) is 3.30. The fraction of sp³-hybridized carbons (Fsp3) is 0.583. The molecule has 1 N–H and O–H groups in total. The summed E-state index contributed by atoms with van der Waals surface area (Å²) < 4.78 is 4.94. The predicted molar refractivity (Wildman–Crippen MR) is 65.4 cm³/mol. The summed E-state index contributed by atoms with van der Waals surface area (Å²) in [6, 6.07) is 2.17. The first-order valence-corrected chi connectivity index (χ1v) is 6.27. The van der Waals surface area contributed by atoms with Crippen molar-refractivity contribution in [1.29, 1.82) is 0 Å². The lowest BCUT2D eigenvalue weighted by molar-refractivity contribution is 0.181. The standard InChI is InChI=1S/C12H16N4O2/c1-8-14-10(9-3-2-4-13-9)7-11(15-8)16-5-6-18-12(16)17/h7,9,13H,2-6H2,1H3. The molecule has 0 aromatic carbocycles. The number of ether oxygens (including phenoxy) is 1. The molecule has 1 unspecified atom stereocenters. The zero-order chi connectivity index (χ0) is 12.5. The molecule has 2 saturated heterocycles. The van der Waals surface area contributed by atoms with E-state index in [1.165, 1.54) is 0 Å². The lowest BCUT2D eigenvalue weighted by Gasteiger charge is -2.16. The van der Waals surface area contributed by atoms with Crippen molar-refractivity contribution in [3.8, 4) is 0 Å². The summed E-state index contributed by atoms with van der Waals surface area (Å²) in [7, 11) is 0. The van der Waals surface area contributed by atoms with E-state index in [4.69, 9.17) is 4.74 Å². The van der Waals surface area contributed by atoms with Crippen molar-refractivity contribution in [2.24, 2.45) is 0 Å². The van der Waals surface area contributed by atoms with Crippen LogP contribution in [0.15, 0.2) is 6.07 Å². The normalized spacial score (nSPS) is 23.5. The van der Waals surface area contributed by atoms with Crippen molar-refractivity contribution in [3.63, 3.8) is 0 Å². The Balaban J connectivity index is 1.92. The molecule has 0 saturated carbocycles. The number of nitrogens with one attached hydrogen (secondary N) is 1. The van der Waals surface area contributed by atoms with Gasteiger partial charge in [0, 0.05) is 12.1 Å². The summed E-state index contributed by atoms with van der Waals surface area (Å²) in [4.78, 5) is 21.9. The van der Waals surface area contributed by atoms with Crippen molar-refractivity contribution in [1.82, 2.24) is 15.3 Å². The molecule has 1 amide bonds. The van der Waals surface area contributed by atoms with Gasteiger partial charge in [0.1, 0.15) is 18.2 Å². The molecule has 0 radical (unpaired) electrons. The average molecular weight is 248 g/mol. The minimum atomic E-state index is -0.321. The Morgan fingerprint density at radius 1 is 1.50 bits per heavy atom. The SMILES string of the molecule is Cc1nc(C2CCCN2)cc(N2CCOC2=O)n1. The van der Waals surface area contributed by atoms with E-state index in [0.717, 1.165) is 25.1 Å². The number of carbonyl (C=O) groups excluding carboxylic acids is 1. The van der Waals surface area contributed by atoms with Crippen molar-refractivity contribution < 1.29 is 9.53 Å². The van der Waals surface area contributed by atoms with Gasteiger partial charge in [0.25, 0.3) is 0 Å². The molecular weight excluding hydrogens is 232 g/mol. The predicted octanol–water partition coefficient (Wildman–Crippen LogP) is 1.17. The number of anilines is 1. The molecule has 2 aliphatic rings. The van der Waals surface area contributed by atoms with Gasteiger partial charge in [-0.15, -0.1) is 0 Å². The number of aromatic nitrogens is 2. The van der Waals surface area contributed by atoms with Gasteiger partial charge < -0.3 is 10.1 Å². The van der Waals surface area contributed by atoms with E-state index in [1.807, 2.05) is 13.0 Å². The van der Waals surface area contributed by atoms with Crippen LogP contribution in [0, 0.1) is 6.92 Å². The number of aryl methyl sites for hydroxylation is 1. The highest BCUT2D eigenvalue weighted by Crippen LogP contribution is 2.25. The summed E-state index contributed by atoms with van der Waals surface area (Å²) in [6.45, 7) is 3.86. The van der Waals surface area contributed by atoms with Crippen LogP contribution in [0.5, 0.6) is 0 Å². The lowest BCUT2D eigenvalue weighted by Crippen LogP contribution is -2.26. The summed E-state index contributed by atoms with van der Waals surface area (Å²) in [5, 5.41) is 3.40. The Morgan fingerprint density at radius 2 is 2.39 bits per heavy atom. The number of hydrogen-bond acceptors (Lipinski definition) is 5. The van der Waals surface area contributed by atoms with Crippen LogP contribution in [0.25, 0.3) is 0 Å². The molecule has 2 fully saturated rings. The van der Waals surface area contributed by atoms with Gasteiger partial charge in [-0.1, -0.05) is 0 Å². The topological polar surface area (TPSA) is 67.3 Å². The maximum atomic E-state index is 11.5. The minimum Gasteiger partial charge on any atom is -0.447 e. The third-order valence-electron chi connectivity index (χ3n) is 3.30. The number of cyclic esters (lactones) is 1. The molecule has 1 atom stereocenters. The number of nitrogens with zero attached hydrogens (tertiary/aromatic N) is 3. The second-order valence-corrected chi connectivity index (χ2v) is 4.61. The van der Waals surface area contributed by atoms with Crippen molar-refractivity contribution in [3.05, 3.63) is 17.6 Å². The van der Waals surface area contributed by atoms with E-state index >= 15 is 0 Å². The van der Waals surface area contributed by atoms with Gasteiger partial charge in [-0.2, -0.15) is 0 Å². The first-order valence-electron chi connectivity index (χ1n) is 6.27. The summed E-state index contributed by atoms with van der Waals surface area (Å²) in [5.74, 6) is 1.34. The first kappa shape index (κ1) is 11.4. The summed E-state index contributed by atoms with van der Waals surface area (Å²) in [6.07, 6.45) is 1.92. The fourth-order valence-electron chi connectivity index (χ4n) is 2.43. The Morgan fingerprint density at radius 3 is 3.06 bits per heavy atom. The number of carbonyl (C=O) groups is 1. The smallest absolute Gasteiger partial charge is 0.415 e. The zero-order valence-corrected chi connectivity index (χ0v) is 10.3. The maximum absolute atomic E-state index is 11.5.